The molecule has 0 unspecified atom stereocenters. The van der Waals surface area contributed by atoms with Crippen LogP contribution in [-0.2, 0) is 0 Å². The Balaban J connectivity index is 0.883. The molecule has 0 fully saturated rings. The number of fused-ring (bicyclic) bond motifs is 4. The highest BCUT2D eigenvalue weighted by atomic mass is 15.0. The van der Waals surface area contributed by atoms with Gasteiger partial charge in [-0.2, -0.15) is 4.58 Å². The largest absolute Gasteiger partial charge is 0.309 e. The van der Waals surface area contributed by atoms with Crippen LogP contribution in [0.15, 0.2) is 261 Å². The smallest absolute Gasteiger partial charge is 0.218 e. The molecule has 1 aliphatic heterocycles. The van der Waals surface area contributed by atoms with Crippen molar-refractivity contribution in [2.24, 2.45) is 0 Å². The van der Waals surface area contributed by atoms with Gasteiger partial charge in [-0.3, -0.25) is 0 Å². The summed E-state index contributed by atoms with van der Waals surface area (Å²) in [4.78, 5) is 20.3. The molecule has 74 heavy (non-hydrogen) atoms. The maximum absolute atomic E-state index is 5.17. The van der Waals surface area contributed by atoms with Crippen molar-refractivity contribution in [3.63, 3.8) is 0 Å². The minimum atomic E-state index is 0.695. The number of rotatable bonds is 9. The van der Waals surface area contributed by atoms with Crippen LogP contribution in [0.3, 0.4) is 0 Å². The lowest BCUT2D eigenvalue weighted by molar-refractivity contribution is 1.09. The summed E-state index contributed by atoms with van der Waals surface area (Å²) < 4.78 is 4.67. The van der Waals surface area contributed by atoms with Gasteiger partial charge in [-0.05, 0) is 84.3 Å². The predicted octanol–water partition coefficient (Wildman–Crippen LogP) is 16.8. The van der Waals surface area contributed by atoms with E-state index in [0.29, 0.717) is 11.6 Å². The van der Waals surface area contributed by atoms with Crippen molar-refractivity contribution in [1.82, 2.24) is 29.1 Å². The van der Waals surface area contributed by atoms with Gasteiger partial charge in [0, 0.05) is 79.7 Å². The number of nitrogens with zero attached hydrogens (tertiary/aromatic N) is 6. The van der Waals surface area contributed by atoms with Crippen LogP contribution in [0.4, 0.5) is 11.4 Å². The number of hydrogen-bond acceptors (Lipinski definition) is 4. The summed E-state index contributed by atoms with van der Waals surface area (Å²) in [6, 6.07) is 86.9. The van der Waals surface area contributed by atoms with E-state index in [2.05, 4.69) is 222 Å². The van der Waals surface area contributed by atoms with Crippen LogP contribution >= 0.6 is 0 Å². The van der Waals surface area contributed by atoms with E-state index in [0.717, 1.165) is 95.4 Å². The molecule has 0 bridgehead atoms. The van der Waals surface area contributed by atoms with Crippen LogP contribution in [0.5, 0.6) is 0 Å². The summed E-state index contributed by atoms with van der Waals surface area (Å²) in [6.07, 6.45) is 6.77. The zero-order chi connectivity index (χ0) is 49.4. The molecule has 0 amide bonds. The van der Waals surface area contributed by atoms with Gasteiger partial charge in [0.05, 0.1) is 33.8 Å². The van der Waals surface area contributed by atoms with Gasteiger partial charge in [-0.1, -0.05) is 176 Å². The maximum atomic E-state index is 5.17. The quantitative estimate of drug-likeness (QED) is 0.135. The Kier molecular flexibility index (Phi) is 11.3. The van der Waals surface area contributed by atoms with Crippen LogP contribution in [0.25, 0.3) is 106 Å². The fourth-order valence-electron chi connectivity index (χ4n) is 10.2. The number of para-hydroxylation sites is 2. The van der Waals surface area contributed by atoms with Crippen LogP contribution in [-0.4, -0.2) is 30.7 Å². The van der Waals surface area contributed by atoms with E-state index < -0.39 is 0 Å². The molecule has 0 saturated heterocycles. The normalized spacial score (nSPS) is 13.8. The molecule has 0 aliphatic carbocycles. The van der Waals surface area contributed by atoms with Gasteiger partial charge in [-0.25, -0.2) is 19.9 Å². The van der Waals surface area contributed by atoms with E-state index in [9.17, 15) is 0 Å². The van der Waals surface area contributed by atoms with E-state index >= 15 is 0 Å². The third kappa shape index (κ3) is 8.40. The van der Waals surface area contributed by atoms with Crippen molar-refractivity contribution in [1.29, 1.82) is 0 Å². The number of benzene rings is 9. The van der Waals surface area contributed by atoms with E-state index in [1.807, 2.05) is 60.7 Å². The minimum absolute atomic E-state index is 0.695. The Hall–Kier alpha value is -9.91. The zero-order valence-corrected chi connectivity index (χ0v) is 40.6. The molecule has 0 N–H and O–H groups in total. The first-order chi connectivity index (χ1) is 36.6. The summed E-state index contributed by atoms with van der Waals surface area (Å²) in [7, 11) is 0. The third-order valence-electron chi connectivity index (χ3n) is 13.9. The van der Waals surface area contributed by atoms with E-state index in [-0.39, 0.29) is 0 Å². The van der Waals surface area contributed by atoms with Gasteiger partial charge in [0.1, 0.15) is 0 Å². The molecule has 13 rings (SSSR count). The van der Waals surface area contributed by atoms with Crippen LogP contribution in [0.2, 0.25) is 0 Å². The van der Waals surface area contributed by atoms with Gasteiger partial charge in [0.2, 0.25) is 11.4 Å². The molecule has 0 atom stereocenters. The SMILES string of the molecule is C/C1=C\C(c2ccc3c(c2)c2ccccc2n3-c2cccc(-c3cc(-c4ccccc4)nc(-c4ccccc4)n3)c2)=C/C=[N+](c2ccc(-c3cc(-c4ccccc4)nc(-c4ccccc4)n3)cc2)c2ccccc21. The first-order valence-electron chi connectivity index (χ1n) is 24.9. The molecule has 3 aromatic heterocycles. The zero-order valence-electron chi connectivity index (χ0n) is 40.6. The Morgan fingerprint density at radius 1 is 0.365 bits per heavy atom. The van der Waals surface area contributed by atoms with Crippen molar-refractivity contribution < 1.29 is 0 Å². The Labute approximate surface area is 430 Å². The Bertz CT molecular complexity index is 4040. The highest BCUT2D eigenvalue weighted by Crippen LogP contribution is 2.39. The fraction of sp³-hybridized carbons (Fsp3) is 0.0147. The second-order valence-electron chi connectivity index (χ2n) is 18.6. The van der Waals surface area contributed by atoms with Gasteiger partial charge < -0.3 is 4.57 Å². The van der Waals surface area contributed by atoms with Crippen molar-refractivity contribution >= 4 is 50.5 Å². The molecule has 0 saturated carbocycles. The van der Waals surface area contributed by atoms with Crippen LogP contribution in [0.1, 0.15) is 18.1 Å². The Morgan fingerprint density at radius 2 is 0.851 bits per heavy atom. The first kappa shape index (κ1) is 44.1. The summed E-state index contributed by atoms with van der Waals surface area (Å²) in [5.74, 6) is 1.39. The predicted molar refractivity (Wildman–Crippen MR) is 307 cm³/mol. The van der Waals surface area contributed by atoms with E-state index in [1.54, 1.807) is 0 Å². The van der Waals surface area contributed by atoms with Gasteiger partial charge >= 0.3 is 0 Å². The second kappa shape index (κ2) is 19.0. The van der Waals surface area contributed by atoms with Gasteiger partial charge in [0.15, 0.2) is 17.9 Å². The first-order valence-corrected chi connectivity index (χ1v) is 24.9. The number of hydrogen-bond donors (Lipinski definition) is 0. The van der Waals surface area contributed by atoms with Crippen LogP contribution < -0.4 is 4.58 Å². The van der Waals surface area contributed by atoms with Crippen molar-refractivity contribution in [3.05, 3.63) is 272 Å². The highest BCUT2D eigenvalue weighted by molar-refractivity contribution is 6.11. The summed E-state index contributed by atoms with van der Waals surface area (Å²) in [5.41, 5.74) is 19.7. The minimum Gasteiger partial charge on any atom is -0.309 e. The summed E-state index contributed by atoms with van der Waals surface area (Å²) in [5, 5.41) is 2.37. The molecule has 0 radical (unpaired) electrons. The molecule has 6 heteroatoms. The monoisotopic (exact) mass is 947 g/mol. The molecule has 12 aromatic rings. The average molecular weight is 948 g/mol. The fourth-order valence-corrected chi connectivity index (χ4v) is 10.2. The number of aromatic nitrogens is 5. The standard InChI is InChI=1S/C68H47N6/c1-46-41-53(39-40-73(64-31-16-14-29-57(46)64)55-36-33-49(34-37-55)62-44-60(47-19-6-2-7-20-47)69-67(71-62)50-23-10-4-11-24-50)52-35-38-66-59(43-52)58-30-15-17-32-65(58)74(66)56-28-18-27-54(42-56)63-45-61(48-21-8-3-9-22-48)70-68(72-63)51-25-12-5-13-26-51/h2-45H,1H3/q+1/b40-39?,46-41+,53-39+,53-41?,57-46?. The van der Waals surface area contributed by atoms with Crippen LogP contribution in [0, 0.1) is 0 Å². The second-order valence-corrected chi connectivity index (χ2v) is 18.6. The molecule has 6 nitrogen and oxygen atoms in total. The molecule has 0 spiro atoms. The topological polar surface area (TPSA) is 59.5 Å². The van der Waals surface area contributed by atoms with Crippen molar-refractivity contribution in [2.45, 2.75) is 6.92 Å². The molecule has 348 valence electrons. The average Bonchev–Trinajstić information content (AvgIpc) is 3.81. The lowest BCUT2D eigenvalue weighted by Crippen LogP contribution is -2.08. The van der Waals surface area contributed by atoms with Crippen molar-refractivity contribution in [3.8, 4) is 73.5 Å². The highest BCUT2D eigenvalue weighted by Gasteiger charge is 2.22. The molecule has 9 aromatic carbocycles. The molecule has 4 heterocycles. The van der Waals surface area contributed by atoms with Crippen molar-refractivity contribution in [2.75, 3.05) is 0 Å². The van der Waals surface area contributed by atoms with E-state index in [4.69, 9.17) is 19.9 Å². The van der Waals surface area contributed by atoms with Gasteiger partial charge in [0.25, 0.3) is 0 Å². The summed E-state index contributed by atoms with van der Waals surface area (Å²) in [6.45, 7) is 2.21. The lowest BCUT2D eigenvalue weighted by atomic mass is 9.96. The third-order valence-corrected chi connectivity index (χ3v) is 13.9. The summed E-state index contributed by atoms with van der Waals surface area (Å²) >= 11 is 0. The molecule has 1 aliphatic rings. The Morgan fingerprint density at radius 3 is 1.47 bits per heavy atom. The van der Waals surface area contributed by atoms with Gasteiger partial charge in [-0.15, -0.1) is 0 Å². The lowest BCUT2D eigenvalue weighted by Gasteiger charge is -2.14. The number of allylic oxidation sites excluding steroid dienone is 4. The molecular weight excluding hydrogens is 901 g/mol. The van der Waals surface area contributed by atoms with E-state index in [1.165, 1.54) is 21.9 Å². The maximum Gasteiger partial charge on any atom is 0.218 e. The molecular formula is C68H47N6+.